The average molecular weight is 189 g/mol. The Balaban J connectivity index is 2.27. The molecule has 76 valence electrons. The van der Waals surface area contributed by atoms with Crippen LogP contribution in [0.4, 0.5) is 0 Å². The summed E-state index contributed by atoms with van der Waals surface area (Å²) < 4.78 is 0. The van der Waals surface area contributed by atoms with Gasteiger partial charge in [-0.2, -0.15) is 0 Å². The van der Waals surface area contributed by atoms with Gasteiger partial charge in [-0.05, 0) is 24.9 Å². The Kier molecular flexibility index (Phi) is 2.87. The van der Waals surface area contributed by atoms with Crippen molar-refractivity contribution in [3.8, 4) is 0 Å². The molecule has 0 radical (unpaired) electrons. The van der Waals surface area contributed by atoms with E-state index in [4.69, 9.17) is 0 Å². The van der Waals surface area contributed by atoms with Gasteiger partial charge >= 0.3 is 0 Å². The van der Waals surface area contributed by atoms with Crippen molar-refractivity contribution in [1.29, 1.82) is 0 Å². The second-order valence-electron chi connectivity index (χ2n) is 4.32. The maximum atomic E-state index is 3.50. The van der Waals surface area contributed by atoms with Crippen molar-refractivity contribution in [1.82, 2.24) is 5.32 Å². The van der Waals surface area contributed by atoms with Crippen molar-refractivity contribution < 1.29 is 0 Å². The summed E-state index contributed by atoms with van der Waals surface area (Å²) in [5.41, 5.74) is 1.95. The van der Waals surface area contributed by atoms with Gasteiger partial charge in [0.2, 0.25) is 0 Å². The lowest BCUT2D eigenvalue weighted by atomic mass is 9.76. The molecule has 1 aliphatic rings. The standard InChI is InChI=1S/C13H19N/c1-2-8-13(9-10-14-11-13)12-6-4-3-5-7-12/h3-7,14H,2,8-11H2,1H3/t13-/m0/s1. The van der Waals surface area contributed by atoms with E-state index < -0.39 is 0 Å². The lowest BCUT2D eigenvalue weighted by Crippen LogP contribution is -2.28. The molecular formula is C13H19N. The molecule has 1 aromatic carbocycles. The molecule has 0 spiro atoms. The molecule has 1 fully saturated rings. The first-order valence-corrected chi connectivity index (χ1v) is 5.64. The van der Waals surface area contributed by atoms with E-state index in [0.717, 1.165) is 6.54 Å². The Labute approximate surface area is 86.5 Å². The van der Waals surface area contributed by atoms with Gasteiger partial charge in [0.25, 0.3) is 0 Å². The van der Waals surface area contributed by atoms with Crippen molar-refractivity contribution in [3.63, 3.8) is 0 Å². The molecule has 0 aromatic heterocycles. The van der Waals surface area contributed by atoms with Crippen molar-refractivity contribution in [2.45, 2.75) is 31.6 Å². The first kappa shape index (κ1) is 9.72. The topological polar surface area (TPSA) is 12.0 Å². The minimum Gasteiger partial charge on any atom is -0.316 e. The van der Waals surface area contributed by atoms with Gasteiger partial charge in [-0.15, -0.1) is 0 Å². The molecule has 1 aliphatic heterocycles. The summed E-state index contributed by atoms with van der Waals surface area (Å²) in [6.45, 7) is 4.61. The summed E-state index contributed by atoms with van der Waals surface area (Å²) in [6.07, 6.45) is 3.88. The van der Waals surface area contributed by atoms with Crippen LogP contribution in [0.25, 0.3) is 0 Å². The third-order valence-electron chi connectivity index (χ3n) is 3.36. The zero-order valence-corrected chi connectivity index (χ0v) is 8.92. The Hall–Kier alpha value is -0.820. The predicted molar refractivity (Wildman–Crippen MR) is 60.5 cm³/mol. The van der Waals surface area contributed by atoms with Crippen LogP contribution in [0.1, 0.15) is 31.7 Å². The second-order valence-corrected chi connectivity index (χ2v) is 4.32. The molecule has 0 saturated carbocycles. The number of hydrogen-bond donors (Lipinski definition) is 1. The van der Waals surface area contributed by atoms with Crippen molar-refractivity contribution >= 4 is 0 Å². The zero-order chi connectivity index (χ0) is 9.86. The Morgan fingerprint density at radius 2 is 2.07 bits per heavy atom. The summed E-state index contributed by atoms with van der Waals surface area (Å²) in [5.74, 6) is 0. The van der Waals surface area contributed by atoms with Crippen LogP contribution in [0.3, 0.4) is 0 Å². The lowest BCUT2D eigenvalue weighted by Gasteiger charge is -2.28. The third kappa shape index (κ3) is 1.69. The fourth-order valence-corrected chi connectivity index (χ4v) is 2.62. The van der Waals surface area contributed by atoms with E-state index in [9.17, 15) is 0 Å². The van der Waals surface area contributed by atoms with Gasteiger partial charge < -0.3 is 5.32 Å². The molecule has 0 unspecified atom stereocenters. The highest BCUT2D eigenvalue weighted by Gasteiger charge is 2.34. The van der Waals surface area contributed by atoms with Gasteiger partial charge in [-0.1, -0.05) is 43.7 Å². The number of rotatable bonds is 3. The molecular weight excluding hydrogens is 170 g/mol. The van der Waals surface area contributed by atoms with Crippen LogP contribution in [0.2, 0.25) is 0 Å². The van der Waals surface area contributed by atoms with Gasteiger partial charge in [-0.3, -0.25) is 0 Å². The molecule has 1 aromatic rings. The Morgan fingerprint density at radius 1 is 1.29 bits per heavy atom. The Morgan fingerprint density at radius 3 is 2.64 bits per heavy atom. The summed E-state index contributed by atoms with van der Waals surface area (Å²) in [7, 11) is 0. The molecule has 1 atom stereocenters. The fourth-order valence-electron chi connectivity index (χ4n) is 2.62. The van der Waals surface area contributed by atoms with E-state index in [2.05, 4.69) is 42.6 Å². The minimum absolute atomic E-state index is 0.427. The summed E-state index contributed by atoms with van der Waals surface area (Å²) in [4.78, 5) is 0. The number of nitrogens with one attached hydrogen (secondary N) is 1. The minimum atomic E-state index is 0.427. The highest BCUT2D eigenvalue weighted by molar-refractivity contribution is 5.27. The van der Waals surface area contributed by atoms with E-state index >= 15 is 0 Å². The lowest BCUT2D eigenvalue weighted by molar-refractivity contribution is 0.427. The van der Waals surface area contributed by atoms with Crippen molar-refractivity contribution in [2.75, 3.05) is 13.1 Å². The summed E-state index contributed by atoms with van der Waals surface area (Å²) in [5, 5.41) is 3.50. The monoisotopic (exact) mass is 189 g/mol. The SMILES string of the molecule is CCC[C@]1(c2ccccc2)CCNC1. The molecule has 2 rings (SSSR count). The normalized spacial score (nSPS) is 26.6. The maximum Gasteiger partial charge on any atom is 0.00897 e. The van der Waals surface area contributed by atoms with Gasteiger partial charge in [0, 0.05) is 12.0 Å². The van der Waals surface area contributed by atoms with Crippen LogP contribution in [-0.4, -0.2) is 13.1 Å². The smallest absolute Gasteiger partial charge is 0.00897 e. The van der Waals surface area contributed by atoms with E-state index in [1.165, 1.54) is 31.4 Å². The molecule has 14 heavy (non-hydrogen) atoms. The van der Waals surface area contributed by atoms with Crippen LogP contribution < -0.4 is 5.32 Å². The molecule has 1 heteroatoms. The van der Waals surface area contributed by atoms with Gasteiger partial charge in [0.1, 0.15) is 0 Å². The molecule has 1 nitrogen and oxygen atoms in total. The maximum absolute atomic E-state index is 3.50. The highest BCUT2D eigenvalue weighted by atomic mass is 14.9. The highest BCUT2D eigenvalue weighted by Crippen LogP contribution is 2.34. The number of benzene rings is 1. The average Bonchev–Trinajstić information content (AvgIpc) is 2.70. The molecule has 1 saturated heterocycles. The zero-order valence-electron chi connectivity index (χ0n) is 8.92. The summed E-state index contributed by atoms with van der Waals surface area (Å²) in [6, 6.07) is 11.0. The van der Waals surface area contributed by atoms with Crippen LogP contribution in [0.15, 0.2) is 30.3 Å². The molecule has 0 amide bonds. The molecule has 0 bridgehead atoms. The van der Waals surface area contributed by atoms with Gasteiger partial charge in [0.15, 0.2) is 0 Å². The van der Waals surface area contributed by atoms with Crippen LogP contribution >= 0.6 is 0 Å². The van der Waals surface area contributed by atoms with E-state index in [-0.39, 0.29) is 0 Å². The first-order valence-electron chi connectivity index (χ1n) is 5.64. The Bertz CT molecular complexity index is 273. The van der Waals surface area contributed by atoms with E-state index in [1.54, 1.807) is 0 Å². The van der Waals surface area contributed by atoms with Crippen LogP contribution in [0, 0.1) is 0 Å². The van der Waals surface area contributed by atoms with Gasteiger partial charge in [0.05, 0.1) is 0 Å². The second kappa shape index (κ2) is 4.14. The van der Waals surface area contributed by atoms with Gasteiger partial charge in [-0.25, -0.2) is 0 Å². The predicted octanol–water partition coefficient (Wildman–Crippen LogP) is 2.72. The molecule has 0 aliphatic carbocycles. The number of hydrogen-bond acceptors (Lipinski definition) is 1. The molecule has 1 heterocycles. The first-order chi connectivity index (χ1) is 6.87. The third-order valence-corrected chi connectivity index (χ3v) is 3.36. The van der Waals surface area contributed by atoms with Crippen LogP contribution in [0.5, 0.6) is 0 Å². The van der Waals surface area contributed by atoms with Crippen molar-refractivity contribution in [2.24, 2.45) is 0 Å². The largest absolute Gasteiger partial charge is 0.316 e. The fraction of sp³-hybridized carbons (Fsp3) is 0.538. The summed E-state index contributed by atoms with van der Waals surface area (Å²) >= 11 is 0. The van der Waals surface area contributed by atoms with E-state index in [1.807, 2.05) is 0 Å². The van der Waals surface area contributed by atoms with E-state index in [0.29, 0.717) is 5.41 Å². The molecule has 1 N–H and O–H groups in total. The quantitative estimate of drug-likeness (QED) is 0.771. The van der Waals surface area contributed by atoms with Crippen LogP contribution in [-0.2, 0) is 5.41 Å². The van der Waals surface area contributed by atoms with Crippen molar-refractivity contribution in [3.05, 3.63) is 35.9 Å².